The Morgan fingerprint density at radius 2 is 1.79 bits per heavy atom. The number of likely N-dealkylation sites (tertiary alicyclic amines) is 1. The number of carbonyl (C=O) groups excluding carboxylic acids is 1. The minimum Gasteiger partial charge on any atom is -0.412 e. The lowest BCUT2D eigenvalue weighted by molar-refractivity contribution is 0.0754. The first kappa shape index (κ1) is 22.2. The van der Waals surface area contributed by atoms with Gasteiger partial charge in [0.05, 0.1) is 5.56 Å². The summed E-state index contributed by atoms with van der Waals surface area (Å²) in [5.74, 6) is 0.329. The van der Waals surface area contributed by atoms with Gasteiger partial charge in [-0.1, -0.05) is 30.3 Å². The standard InChI is InChI=1S/C23H26N4O4S2/c28-23(26-10-4-5-11-26)22-25-24-21(31-22)19-15-20(32-16-19)33(29,30)27-12-8-18(9-13-27)14-17-6-2-1-3-7-17/h1-3,6-7,15-16,18H,4-5,8-14H2. The van der Waals surface area contributed by atoms with Crippen molar-refractivity contribution in [2.75, 3.05) is 26.2 Å². The zero-order chi connectivity index (χ0) is 22.8. The maximum Gasteiger partial charge on any atom is 0.311 e. The molecule has 4 heterocycles. The van der Waals surface area contributed by atoms with Crippen LogP contribution in [0.2, 0.25) is 0 Å². The van der Waals surface area contributed by atoms with E-state index in [1.807, 2.05) is 18.2 Å². The van der Waals surface area contributed by atoms with Crippen molar-refractivity contribution < 1.29 is 17.6 Å². The number of amides is 1. The molecule has 0 spiro atoms. The van der Waals surface area contributed by atoms with Gasteiger partial charge in [0.25, 0.3) is 10.0 Å². The van der Waals surface area contributed by atoms with Crippen LogP contribution in [0.15, 0.2) is 50.4 Å². The van der Waals surface area contributed by atoms with E-state index in [1.54, 1.807) is 20.7 Å². The SMILES string of the molecule is O=C(c1nnc(-c2csc(S(=O)(=O)N3CCC(Cc4ccccc4)CC3)c2)o1)N1CCCC1. The normalized spacial score (nSPS) is 18.1. The third kappa shape index (κ3) is 4.73. The molecule has 0 N–H and O–H groups in total. The van der Waals surface area contributed by atoms with E-state index in [1.165, 1.54) is 5.56 Å². The molecule has 1 aromatic carbocycles. The van der Waals surface area contributed by atoms with Gasteiger partial charge in [-0.2, -0.15) is 4.31 Å². The van der Waals surface area contributed by atoms with Crippen molar-refractivity contribution in [2.45, 2.75) is 36.3 Å². The van der Waals surface area contributed by atoms with Crippen molar-refractivity contribution in [1.29, 1.82) is 0 Å². The van der Waals surface area contributed by atoms with Crippen molar-refractivity contribution in [1.82, 2.24) is 19.4 Å². The molecule has 0 aliphatic carbocycles. The molecule has 174 valence electrons. The Kier molecular flexibility index (Phi) is 6.31. The van der Waals surface area contributed by atoms with Gasteiger partial charge in [-0.15, -0.1) is 21.5 Å². The average Bonchev–Trinajstić information content (AvgIpc) is 3.61. The van der Waals surface area contributed by atoms with E-state index in [4.69, 9.17) is 4.42 Å². The fourth-order valence-electron chi connectivity index (χ4n) is 4.47. The molecule has 0 bridgehead atoms. The molecule has 0 unspecified atom stereocenters. The summed E-state index contributed by atoms with van der Waals surface area (Å²) in [4.78, 5) is 14.1. The van der Waals surface area contributed by atoms with Crippen LogP contribution in [0.4, 0.5) is 0 Å². The van der Waals surface area contributed by atoms with E-state index in [-0.39, 0.29) is 21.9 Å². The molecule has 10 heteroatoms. The molecule has 2 fully saturated rings. The zero-order valence-electron chi connectivity index (χ0n) is 18.2. The zero-order valence-corrected chi connectivity index (χ0v) is 19.9. The summed E-state index contributed by atoms with van der Waals surface area (Å²) in [5.41, 5.74) is 1.81. The van der Waals surface area contributed by atoms with Gasteiger partial charge in [0.1, 0.15) is 4.21 Å². The van der Waals surface area contributed by atoms with Crippen LogP contribution in [-0.4, -0.2) is 59.9 Å². The number of rotatable bonds is 6. The van der Waals surface area contributed by atoms with Crippen LogP contribution >= 0.6 is 11.3 Å². The van der Waals surface area contributed by atoms with Gasteiger partial charge >= 0.3 is 11.8 Å². The lowest BCUT2D eigenvalue weighted by Gasteiger charge is -2.30. The predicted molar refractivity (Wildman–Crippen MR) is 124 cm³/mol. The largest absolute Gasteiger partial charge is 0.412 e. The number of benzene rings is 1. The third-order valence-corrected chi connectivity index (χ3v) is 9.67. The van der Waals surface area contributed by atoms with Crippen molar-refractivity contribution in [3.8, 4) is 11.5 Å². The van der Waals surface area contributed by atoms with Gasteiger partial charge < -0.3 is 9.32 Å². The van der Waals surface area contributed by atoms with Gasteiger partial charge in [-0.3, -0.25) is 4.79 Å². The minimum absolute atomic E-state index is 0.0528. The van der Waals surface area contributed by atoms with Gasteiger partial charge in [-0.05, 0) is 49.7 Å². The number of piperidine rings is 1. The number of carbonyl (C=O) groups is 1. The fraction of sp³-hybridized carbons (Fsp3) is 0.435. The van der Waals surface area contributed by atoms with Crippen molar-refractivity contribution in [2.24, 2.45) is 5.92 Å². The minimum atomic E-state index is -3.58. The Bertz CT molecular complexity index is 1210. The first-order chi connectivity index (χ1) is 16.0. The molecule has 2 aliphatic heterocycles. The van der Waals surface area contributed by atoms with E-state index in [9.17, 15) is 13.2 Å². The van der Waals surface area contributed by atoms with Crippen LogP contribution in [0.1, 0.15) is 41.9 Å². The van der Waals surface area contributed by atoms with Crippen molar-refractivity contribution >= 4 is 27.3 Å². The van der Waals surface area contributed by atoms with Crippen LogP contribution in [-0.2, 0) is 16.4 Å². The number of thiophene rings is 1. The summed E-state index contributed by atoms with van der Waals surface area (Å²) in [7, 11) is -3.58. The first-order valence-electron chi connectivity index (χ1n) is 11.3. The molecular weight excluding hydrogens is 460 g/mol. The molecule has 0 saturated carbocycles. The van der Waals surface area contributed by atoms with Crippen LogP contribution in [0.3, 0.4) is 0 Å². The second-order valence-electron chi connectivity index (χ2n) is 8.60. The molecule has 8 nitrogen and oxygen atoms in total. The summed E-state index contributed by atoms with van der Waals surface area (Å²) >= 11 is 1.14. The molecule has 2 aromatic heterocycles. The van der Waals surface area contributed by atoms with Crippen LogP contribution in [0, 0.1) is 5.92 Å². The Balaban J connectivity index is 1.23. The molecule has 33 heavy (non-hydrogen) atoms. The van der Waals surface area contributed by atoms with Gasteiger partial charge in [0.15, 0.2) is 0 Å². The maximum absolute atomic E-state index is 13.2. The van der Waals surface area contributed by atoms with E-state index in [0.29, 0.717) is 37.7 Å². The van der Waals surface area contributed by atoms with E-state index >= 15 is 0 Å². The van der Waals surface area contributed by atoms with Crippen molar-refractivity contribution in [3.63, 3.8) is 0 Å². The number of hydrogen-bond acceptors (Lipinski definition) is 7. The summed E-state index contributed by atoms with van der Waals surface area (Å²) < 4.78 is 33.8. The smallest absolute Gasteiger partial charge is 0.311 e. The van der Waals surface area contributed by atoms with E-state index in [2.05, 4.69) is 22.3 Å². The number of aromatic nitrogens is 2. The second-order valence-corrected chi connectivity index (χ2v) is 11.7. The Morgan fingerprint density at radius 3 is 2.52 bits per heavy atom. The molecule has 3 aromatic rings. The highest BCUT2D eigenvalue weighted by atomic mass is 32.2. The fourth-order valence-corrected chi connectivity index (χ4v) is 7.25. The predicted octanol–water partition coefficient (Wildman–Crippen LogP) is 3.68. The van der Waals surface area contributed by atoms with Crippen LogP contribution in [0.25, 0.3) is 11.5 Å². The van der Waals surface area contributed by atoms with Crippen LogP contribution < -0.4 is 0 Å². The summed E-state index contributed by atoms with van der Waals surface area (Å²) in [6.45, 7) is 2.42. The summed E-state index contributed by atoms with van der Waals surface area (Å²) in [5, 5.41) is 9.54. The molecule has 2 aliphatic rings. The number of hydrogen-bond donors (Lipinski definition) is 0. The van der Waals surface area contributed by atoms with Crippen molar-refractivity contribution in [3.05, 3.63) is 53.2 Å². The molecule has 5 rings (SSSR count). The van der Waals surface area contributed by atoms with Crippen LogP contribution in [0.5, 0.6) is 0 Å². The van der Waals surface area contributed by atoms with E-state index in [0.717, 1.165) is 43.4 Å². The summed E-state index contributed by atoms with van der Waals surface area (Å²) in [6.07, 6.45) is 4.62. The summed E-state index contributed by atoms with van der Waals surface area (Å²) in [6, 6.07) is 11.9. The molecule has 1 amide bonds. The van der Waals surface area contributed by atoms with E-state index < -0.39 is 10.0 Å². The van der Waals surface area contributed by atoms with Gasteiger partial charge in [0, 0.05) is 31.6 Å². The highest BCUT2D eigenvalue weighted by Crippen LogP contribution is 2.32. The lowest BCUT2D eigenvalue weighted by atomic mass is 9.91. The quantitative estimate of drug-likeness (QED) is 0.527. The molecule has 0 radical (unpaired) electrons. The third-order valence-electron chi connectivity index (χ3n) is 6.36. The number of nitrogens with zero attached hydrogens (tertiary/aromatic N) is 4. The first-order valence-corrected chi connectivity index (χ1v) is 13.6. The number of sulfonamides is 1. The highest BCUT2D eigenvalue weighted by Gasteiger charge is 2.31. The van der Waals surface area contributed by atoms with Gasteiger partial charge in [-0.25, -0.2) is 8.42 Å². The Labute approximate surface area is 197 Å². The topological polar surface area (TPSA) is 96.6 Å². The lowest BCUT2D eigenvalue weighted by Crippen LogP contribution is -2.38. The maximum atomic E-state index is 13.2. The molecular formula is C23H26N4O4S2. The Morgan fingerprint density at radius 1 is 1.06 bits per heavy atom. The second kappa shape index (κ2) is 9.36. The molecule has 2 saturated heterocycles. The monoisotopic (exact) mass is 486 g/mol. The highest BCUT2D eigenvalue weighted by molar-refractivity contribution is 7.91. The molecule has 0 atom stereocenters. The Hall–Kier alpha value is -2.56. The average molecular weight is 487 g/mol. The van der Waals surface area contributed by atoms with Gasteiger partial charge in [0.2, 0.25) is 5.89 Å².